The van der Waals surface area contributed by atoms with Gasteiger partial charge in [-0.15, -0.1) is 0 Å². The molecule has 86 valence electrons. The molecule has 0 saturated heterocycles. The maximum Gasteiger partial charge on any atom is 0.138 e. The molecule has 0 unspecified atom stereocenters. The quantitative estimate of drug-likeness (QED) is 0.790. The van der Waals surface area contributed by atoms with E-state index in [1.165, 1.54) is 0 Å². The molecule has 0 amide bonds. The molecule has 0 aliphatic carbocycles. The summed E-state index contributed by atoms with van der Waals surface area (Å²) in [4.78, 5) is 0. The van der Waals surface area contributed by atoms with Crippen LogP contribution in [0.1, 0.15) is 19.4 Å². The lowest BCUT2D eigenvalue weighted by Gasteiger charge is -2.11. The van der Waals surface area contributed by atoms with Gasteiger partial charge in [0.25, 0.3) is 0 Å². The van der Waals surface area contributed by atoms with Crippen LogP contribution in [0, 0.1) is 0 Å². The van der Waals surface area contributed by atoms with Gasteiger partial charge < -0.3 is 22.9 Å². The van der Waals surface area contributed by atoms with E-state index in [9.17, 15) is 0 Å². The zero-order valence-corrected chi connectivity index (χ0v) is 10.5. The first-order valence-electron chi connectivity index (χ1n) is 4.78. The number of halogens is 2. The van der Waals surface area contributed by atoms with Crippen molar-refractivity contribution in [2.45, 2.75) is 26.4 Å². The summed E-state index contributed by atoms with van der Waals surface area (Å²) in [6.45, 7) is 4.59. The van der Waals surface area contributed by atoms with Crippen molar-refractivity contribution in [1.29, 1.82) is 0 Å². The topological polar surface area (TPSA) is 35.2 Å². The second kappa shape index (κ2) is 6.94. The van der Waals surface area contributed by atoms with Crippen molar-refractivity contribution in [3.63, 3.8) is 0 Å². The molecule has 0 fully saturated rings. The Morgan fingerprint density at radius 1 is 1.40 bits per heavy atom. The van der Waals surface area contributed by atoms with Crippen molar-refractivity contribution in [2.75, 3.05) is 6.54 Å². The Labute approximate surface area is 102 Å². The average molecular weight is 249 g/mol. The van der Waals surface area contributed by atoms with Gasteiger partial charge in [0, 0.05) is 0 Å². The maximum atomic E-state index is 6.04. The molecule has 0 atom stereocenters. The van der Waals surface area contributed by atoms with Gasteiger partial charge in [0.2, 0.25) is 0 Å². The standard InChI is InChI=1S/C11H16ClNO.ClH/c1-8(2)14-11-4-3-9(5-6-13)7-10(11)12;/h3-4,7-8H,5-6,13H2,1-2H3;1H/p-1. The summed E-state index contributed by atoms with van der Waals surface area (Å²) in [7, 11) is 0. The van der Waals surface area contributed by atoms with Crippen LogP contribution in [-0.2, 0) is 6.42 Å². The van der Waals surface area contributed by atoms with E-state index in [1.54, 1.807) is 0 Å². The molecule has 15 heavy (non-hydrogen) atoms. The minimum Gasteiger partial charge on any atom is -1.00 e. The van der Waals surface area contributed by atoms with Crippen molar-refractivity contribution >= 4 is 11.6 Å². The fraction of sp³-hybridized carbons (Fsp3) is 0.455. The van der Waals surface area contributed by atoms with E-state index in [1.807, 2.05) is 32.0 Å². The van der Waals surface area contributed by atoms with E-state index in [0.717, 1.165) is 17.7 Å². The Hall–Kier alpha value is -0.440. The van der Waals surface area contributed by atoms with Crippen LogP contribution in [0.2, 0.25) is 5.02 Å². The van der Waals surface area contributed by atoms with Gasteiger partial charge in [0.05, 0.1) is 11.1 Å². The lowest BCUT2D eigenvalue weighted by atomic mass is 10.1. The summed E-state index contributed by atoms with van der Waals surface area (Å²) in [5, 5.41) is 0.657. The summed E-state index contributed by atoms with van der Waals surface area (Å²) < 4.78 is 5.51. The van der Waals surface area contributed by atoms with Gasteiger partial charge in [0.15, 0.2) is 0 Å². The zero-order valence-electron chi connectivity index (χ0n) is 8.97. The lowest BCUT2D eigenvalue weighted by Crippen LogP contribution is -3.00. The third-order valence-corrected chi connectivity index (χ3v) is 2.09. The van der Waals surface area contributed by atoms with Crippen LogP contribution in [-0.4, -0.2) is 12.6 Å². The first-order chi connectivity index (χ1) is 6.63. The van der Waals surface area contributed by atoms with Crippen molar-refractivity contribution in [1.82, 2.24) is 0 Å². The minimum atomic E-state index is 0. The average Bonchev–Trinajstić information content (AvgIpc) is 2.10. The largest absolute Gasteiger partial charge is 1.00 e. The molecule has 0 radical (unpaired) electrons. The SMILES string of the molecule is CC(C)Oc1ccc(CCN)cc1Cl.[Cl-]. The van der Waals surface area contributed by atoms with Crippen LogP contribution in [0.15, 0.2) is 18.2 Å². The molecule has 1 aromatic rings. The van der Waals surface area contributed by atoms with E-state index in [4.69, 9.17) is 22.1 Å². The van der Waals surface area contributed by atoms with E-state index in [-0.39, 0.29) is 18.5 Å². The third-order valence-electron chi connectivity index (χ3n) is 1.79. The Bertz CT molecular complexity index is 303. The summed E-state index contributed by atoms with van der Waals surface area (Å²) in [6.07, 6.45) is 0.995. The molecule has 4 heteroatoms. The van der Waals surface area contributed by atoms with Crippen LogP contribution < -0.4 is 22.9 Å². The summed E-state index contributed by atoms with van der Waals surface area (Å²) >= 11 is 6.04. The molecule has 0 heterocycles. The highest BCUT2D eigenvalue weighted by molar-refractivity contribution is 6.32. The van der Waals surface area contributed by atoms with Crippen LogP contribution in [0.4, 0.5) is 0 Å². The van der Waals surface area contributed by atoms with Crippen molar-refractivity contribution in [2.24, 2.45) is 5.73 Å². The first-order valence-corrected chi connectivity index (χ1v) is 5.16. The van der Waals surface area contributed by atoms with E-state index in [2.05, 4.69) is 0 Å². The van der Waals surface area contributed by atoms with Crippen molar-refractivity contribution in [3.8, 4) is 5.75 Å². The molecule has 1 aromatic carbocycles. The Morgan fingerprint density at radius 2 is 2.07 bits per heavy atom. The molecule has 0 bridgehead atoms. The molecular weight excluding hydrogens is 233 g/mol. The lowest BCUT2D eigenvalue weighted by molar-refractivity contribution is -0.00000420. The number of nitrogens with two attached hydrogens (primary N) is 1. The van der Waals surface area contributed by atoms with Crippen molar-refractivity contribution in [3.05, 3.63) is 28.8 Å². The van der Waals surface area contributed by atoms with Crippen LogP contribution in [0.5, 0.6) is 5.75 Å². The second-order valence-corrected chi connectivity index (χ2v) is 3.88. The predicted molar refractivity (Wildman–Crippen MR) is 60.0 cm³/mol. The van der Waals surface area contributed by atoms with Gasteiger partial charge in [-0.05, 0) is 44.5 Å². The highest BCUT2D eigenvalue weighted by Crippen LogP contribution is 2.26. The monoisotopic (exact) mass is 248 g/mol. The number of hydrogen-bond donors (Lipinski definition) is 1. The van der Waals surface area contributed by atoms with Gasteiger partial charge >= 0.3 is 0 Å². The summed E-state index contributed by atoms with van der Waals surface area (Å²) in [5.74, 6) is 0.738. The third kappa shape index (κ3) is 4.74. The molecule has 0 spiro atoms. The smallest absolute Gasteiger partial charge is 0.138 e. The number of hydrogen-bond acceptors (Lipinski definition) is 2. The molecule has 1 rings (SSSR count). The van der Waals surface area contributed by atoms with E-state index < -0.39 is 0 Å². The minimum absolute atomic E-state index is 0. The van der Waals surface area contributed by atoms with Crippen molar-refractivity contribution < 1.29 is 17.1 Å². The fourth-order valence-corrected chi connectivity index (χ4v) is 1.46. The Kier molecular flexibility index (Phi) is 6.73. The molecule has 0 aliphatic heterocycles. The fourth-order valence-electron chi connectivity index (χ4n) is 1.22. The first kappa shape index (κ1) is 14.6. The van der Waals surface area contributed by atoms with Crippen LogP contribution >= 0.6 is 11.6 Å². The normalized spacial score (nSPS) is 9.93. The molecule has 2 nitrogen and oxygen atoms in total. The molecule has 0 aromatic heterocycles. The van der Waals surface area contributed by atoms with Gasteiger partial charge in [-0.1, -0.05) is 17.7 Å². The second-order valence-electron chi connectivity index (χ2n) is 3.47. The van der Waals surface area contributed by atoms with Crippen LogP contribution in [0.25, 0.3) is 0 Å². The number of rotatable bonds is 4. The maximum absolute atomic E-state index is 6.04. The van der Waals surface area contributed by atoms with E-state index >= 15 is 0 Å². The highest BCUT2D eigenvalue weighted by atomic mass is 35.5. The molecule has 0 saturated carbocycles. The molecular formula is C11H16Cl2NO-. The summed E-state index contributed by atoms with van der Waals surface area (Å²) in [6, 6.07) is 5.80. The van der Waals surface area contributed by atoms with Gasteiger partial charge in [0.1, 0.15) is 5.75 Å². The Balaban J connectivity index is 0.00000196. The zero-order chi connectivity index (χ0) is 10.6. The highest BCUT2D eigenvalue weighted by Gasteiger charge is 2.04. The van der Waals surface area contributed by atoms with Gasteiger partial charge in [-0.25, -0.2) is 0 Å². The molecule has 2 N–H and O–H groups in total. The van der Waals surface area contributed by atoms with Gasteiger partial charge in [-0.3, -0.25) is 0 Å². The number of benzene rings is 1. The number of ether oxygens (including phenoxy) is 1. The van der Waals surface area contributed by atoms with Crippen LogP contribution in [0.3, 0.4) is 0 Å². The van der Waals surface area contributed by atoms with Gasteiger partial charge in [-0.2, -0.15) is 0 Å². The predicted octanol–water partition coefficient (Wildman–Crippen LogP) is -0.368. The summed E-state index contributed by atoms with van der Waals surface area (Å²) in [5.41, 5.74) is 6.60. The molecule has 0 aliphatic rings. The Morgan fingerprint density at radius 3 is 2.53 bits per heavy atom. The van der Waals surface area contributed by atoms with E-state index in [0.29, 0.717) is 11.6 Å².